The van der Waals surface area contributed by atoms with E-state index in [0.717, 1.165) is 23.3 Å². The Labute approximate surface area is 119 Å². The first kappa shape index (κ1) is 15.0. The van der Waals surface area contributed by atoms with E-state index in [0.29, 0.717) is 12.2 Å². The van der Waals surface area contributed by atoms with Crippen LogP contribution in [0.4, 0.5) is 24.5 Å². The molecule has 3 N–H and O–H groups in total. The molecule has 21 heavy (non-hydrogen) atoms. The van der Waals surface area contributed by atoms with Gasteiger partial charge in [-0.05, 0) is 24.1 Å². The van der Waals surface area contributed by atoms with Crippen molar-refractivity contribution in [2.75, 3.05) is 11.1 Å². The molecule has 0 atom stereocenters. The average molecular weight is 297 g/mol. The van der Waals surface area contributed by atoms with Gasteiger partial charge < -0.3 is 15.8 Å². The first-order valence-electron chi connectivity index (χ1n) is 6.14. The number of rotatable bonds is 5. The van der Waals surface area contributed by atoms with Gasteiger partial charge in [0.15, 0.2) is 11.6 Å². The molecule has 0 unspecified atom stereocenters. The fourth-order valence-electron chi connectivity index (χ4n) is 1.78. The zero-order valence-corrected chi connectivity index (χ0v) is 11.2. The maximum atomic E-state index is 13.4. The van der Waals surface area contributed by atoms with Crippen LogP contribution in [0, 0.1) is 12.7 Å². The highest BCUT2D eigenvalue weighted by Crippen LogP contribution is 2.29. The fourth-order valence-corrected chi connectivity index (χ4v) is 1.78. The van der Waals surface area contributed by atoms with Gasteiger partial charge in [-0.1, -0.05) is 0 Å². The number of hydrogen-bond donors (Lipinski definition) is 2. The molecule has 0 spiro atoms. The largest absolute Gasteiger partial charge is 0.432 e. The molecular formula is C14H14F3N3O. The molecule has 2 aromatic rings. The van der Waals surface area contributed by atoms with Crippen LogP contribution in [0.3, 0.4) is 0 Å². The molecule has 0 aliphatic rings. The van der Waals surface area contributed by atoms with Gasteiger partial charge >= 0.3 is 6.61 Å². The minimum absolute atomic E-state index is 0.107. The molecule has 1 aromatic heterocycles. The number of nitrogen functional groups attached to an aromatic ring is 1. The highest BCUT2D eigenvalue weighted by Gasteiger charge is 2.13. The number of anilines is 2. The van der Waals surface area contributed by atoms with Crippen LogP contribution in [0.2, 0.25) is 0 Å². The van der Waals surface area contributed by atoms with Crippen molar-refractivity contribution in [2.24, 2.45) is 0 Å². The summed E-state index contributed by atoms with van der Waals surface area (Å²) in [5.74, 6) is -1.49. The summed E-state index contributed by atoms with van der Waals surface area (Å²) >= 11 is 0. The number of nitrogens with one attached hydrogen (secondary N) is 1. The number of ether oxygens (including phenoxy) is 1. The van der Waals surface area contributed by atoms with Crippen LogP contribution in [0.5, 0.6) is 5.75 Å². The van der Waals surface area contributed by atoms with Crippen molar-refractivity contribution in [2.45, 2.75) is 20.1 Å². The molecular weight excluding hydrogens is 283 g/mol. The number of alkyl halides is 2. The number of nitrogens with zero attached hydrogens (tertiary/aromatic N) is 1. The topological polar surface area (TPSA) is 60.2 Å². The minimum Gasteiger partial charge on any atom is -0.432 e. The number of aromatic nitrogens is 1. The molecule has 0 radical (unpaired) electrons. The molecule has 4 nitrogen and oxygen atoms in total. The van der Waals surface area contributed by atoms with Crippen molar-refractivity contribution in [1.82, 2.24) is 4.98 Å². The molecule has 7 heteroatoms. The Morgan fingerprint density at radius 3 is 2.81 bits per heavy atom. The van der Waals surface area contributed by atoms with E-state index < -0.39 is 18.2 Å². The number of pyridine rings is 1. The van der Waals surface area contributed by atoms with Crippen molar-refractivity contribution < 1.29 is 17.9 Å². The van der Waals surface area contributed by atoms with Gasteiger partial charge in [-0.2, -0.15) is 8.78 Å². The van der Waals surface area contributed by atoms with Crippen LogP contribution in [-0.4, -0.2) is 11.6 Å². The molecule has 1 heterocycles. The molecule has 0 aliphatic carbocycles. The van der Waals surface area contributed by atoms with E-state index in [1.807, 2.05) is 13.0 Å². The summed E-state index contributed by atoms with van der Waals surface area (Å²) in [7, 11) is 0. The lowest BCUT2D eigenvalue weighted by molar-refractivity contribution is -0.0521. The van der Waals surface area contributed by atoms with Gasteiger partial charge in [-0.3, -0.25) is 4.98 Å². The van der Waals surface area contributed by atoms with Crippen molar-refractivity contribution in [3.8, 4) is 5.75 Å². The van der Waals surface area contributed by atoms with Crippen LogP contribution in [0.25, 0.3) is 0 Å². The standard InChI is InChI=1S/C14H14F3N3O/c1-8-2-3-19-6-9(8)7-20-12-5-13(21-14(16)17)10(15)4-11(12)18/h2-6,14,20H,7,18H2,1H3. The molecule has 0 saturated heterocycles. The third-order valence-electron chi connectivity index (χ3n) is 2.94. The summed E-state index contributed by atoms with van der Waals surface area (Å²) in [6, 6.07) is 3.90. The van der Waals surface area contributed by atoms with Gasteiger partial charge in [0.2, 0.25) is 0 Å². The highest BCUT2D eigenvalue weighted by atomic mass is 19.3. The Balaban J connectivity index is 2.18. The number of hydrogen-bond acceptors (Lipinski definition) is 4. The van der Waals surface area contributed by atoms with Crippen LogP contribution < -0.4 is 15.8 Å². The van der Waals surface area contributed by atoms with Crippen molar-refractivity contribution in [3.05, 3.63) is 47.5 Å². The van der Waals surface area contributed by atoms with Crippen molar-refractivity contribution >= 4 is 11.4 Å². The zero-order chi connectivity index (χ0) is 15.4. The van der Waals surface area contributed by atoms with Gasteiger partial charge in [0, 0.05) is 31.1 Å². The summed E-state index contributed by atoms with van der Waals surface area (Å²) in [5, 5.41) is 2.95. The smallest absolute Gasteiger partial charge is 0.387 e. The predicted molar refractivity (Wildman–Crippen MR) is 73.7 cm³/mol. The van der Waals surface area contributed by atoms with Gasteiger partial charge in [0.1, 0.15) is 0 Å². The third kappa shape index (κ3) is 3.77. The average Bonchev–Trinajstić information content (AvgIpc) is 2.41. The third-order valence-corrected chi connectivity index (χ3v) is 2.94. The van der Waals surface area contributed by atoms with E-state index >= 15 is 0 Å². The molecule has 2 rings (SSSR count). The van der Waals surface area contributed by atoms with E-state index in [-0.39, 0.29) is 5.69 Å². The van der Waals surface area contributed by atoms with E-state index in [1.165, 1.54) is 0 Å². The first-order chi connectivity index (χ1) is 9.97. The molecule has 112 valence electrons. The van der Waals surface area contributed by atoms with Gasteiger partial charge in [-0.25, -0.2) is 4.39 Å². The van der Waals surface area contributed by atoms with E-state index in [1.54, 1.807) is 12.4 Å². The number of nitrogens with two attached hydrogens (primary N) is 1. The van der Waals surface area contributed by atoms with E-state index in [9.17, 15) is 13.2 Å². The van der Waals surface area contributed by atoms with Crippen LogP contribution >= 0.6 is 0 Å². The Morgan fingerprint density at radius 1 is 1.38 bits per heavy atom. The van der Waals surface area contributed by atoms with Gasteiger partial charge in [0.05, 0.1) is 11.4 Å². The maximum absolute atomic E-state index is 13.4. The normalized spacial score (nSPS) is 10.7. The summed E-state index contributed by atoms with van der Waals surface area (Å²) in [4.78, 5) is 4.00. The first-order valence-corrected chi connectivity index (χ1v) is 6.14. The molecule has 0 saturated carbocycles. The monoisotopic (exact) mass is 297 g/mol. The van der Waals surface area contributed by atoms with Gasteiger partial charge in [-0.15, -0.1) is 0 Å². The van der Waals surface area contributed by atoms with Crippen LogP contribution in [0.15, 0.2) is 30.6 Å². The lowest BCUT2D eigenvalue weighted by Crippen LogP contribution is -2.08. The zero-order valence-electron chi connectivity index (χ0n) is 11.2. The Morgan fingerprint density at radius 2 is 2.14 bits per heavy atom. The Hall–Kier alpha value is -2.44. The fraction of sp³-hybridized carbons (Fsp3) is 0.214. The molecule has 0 bridgehead atoms. The van der Waals surface area contributed by atoms with Crippen LogP contribution in [0.1, 0.15) is 11.1 Å². The van der Waals surface area contributed by atoms with Crippen molar-refractivity contribution in [1.29, 1.82) is 0 Å². The maximum Gasteiger partial charge on any atom is 0.387 e. The Kier molecular flexibility index (Phi) is 4.52. The van der Waals surface area contributed by atoms with E-state index in [2.05, 4.69) is 15.0 Å². The quantitative estimate of drug-likeness (QED) is 0.831. The number of benzene rings is 1. The molecule has 0 aliphatic heterocycles. The minimum atomic E-state index is -3.10. The van der Waals surface area contributed by atoms with Gasteiger partial charge in [0.25, 0.3) is 0 Å². The second-order valence-corrected chi connectivity index (χ2v) is 4.40. The second kappa shape index (κ2) is 6.34. The molecule has 0 fully saturated rings. The molecule has 0 amide bonds. The lowest BCUT2D eigenvalue weighted by atomic mass is 10.1. The highest BCUT2D eigenvalue weighted by molar-refractivity contribution is 5.68. The number of halogens is 3. The van der Waals surface area contributed by atoms with Crippen molar-refractivity contribution in [3.63, 3.8) is 0 Å². The summed E-state index contributed by atoms with van der Waals surface area (Å²) in [6.45, 7) is -0.807. The SMILES string of the molecule is Cc1ccncc1CNc1cc(OC(F)F)c(F)cc1N. The molecule has 1 aromatic carbocycles. The lowest BCUT2D eigenvalue weighted by Gasteiger charge is -2.13. The summed E-state index contributed by atoms with van der Waals surface area (Å²) in [5.41, 5.74) is 8.01. The summed E-state index contributed by atoms with van der Waals surface area (Å²) in [6.07, 6.45) is 3.35. The Bertz CT molecular complexity index is 635. The predicted octanol–water partition coefficient (Wildman–Crippen LogP) is 3.32. The van der Waals surface area contributed by atoms with Crippen LogP contribution in [-0.2, 0) is 6.54 Å². The number of aryl methyl sites for hydroxylation is 1. The summed E-state index contributed by atoms with van der Waals surface area (Å²) < 4.78 is 41.9. The van der Waals surface area contributed by atoms with E-state index in [4.69, 9.17) is 5.73 Å². The second-order valence-electron chi connectivity index (χ2n) is 4.40.